The van der Waals surface area contributed by atoms with Gasteiger partial charge in [-0.05, 0) is 69.5 Å². The Morgan fingerprint density at radius 3 is 2.73 bits per heavy atom. The number of halogens is 1. The number of likely N-dealkylation sites (N-methyl/N-ethyl adjacent to an activating group) is 1. The van der Waals surface area contributed by atoms with Crippen molar-refractivity contribution in [1.82, 2.24) is 24.8 Å². The molecule has 0 bridgehead atoms. The third kappa shape index (κ3) is 6.26. The Balaban J connectivity index is 1.25. The van der Waals surface area contributed by atoms with Gasteiger partial charge in [-0.2, -0.15) is 0 Å². The first-order valence-corrected chi connectivity index (χ1v) is 17.0. The average molecular weight is 657 g/mol. The van der Waals surface area contributed by atoms with Gasteiger partial charge in [-0.1, -0.05) is 0 Å². The Morgan fingerprint density at radius 2 is 1.94 bits per heavy atom. The van der Waals surface area contributed by atoms with Crippen LogP contribution >= 0.6 is 0 Å². The summed E-state index contributed by atoms with van der Waals surface area (Å²) in [4.78, 5) is 28.7. The topological polar surface area (TPSA) is 114 Å². The summed E-state index contributed by atoms with van der Waals surface area (Å²) >= 11 is 0. The lowest BCUT2D eigenvalue weighted by Gasteiger charge is -2.44. The van der Waals surface area contributed by atoms with E-state index in [1.54, 1.807) is 19.4 Å². The fourth-order valence-electron chi connectivity index (χ4n) is 7.68. The summed E-state index contributed by atoms with van der Waals surface area (Å²) in [7, 11) is 3.57. The van der Waals surface area contributed by atoms with E-state index in [0.717, 1.165) is 56.6 Å². The van der Waals surface area contributed by atoms with Gasteiger partial charge < -0.3 is 34.9 Å². The van der Waals surface area contributed by atoms with Crippen LogP contribution in [0.4, 0.5) is 21.6 Å². The van der Waals surface area contributed by atoms with E-state index in [-0.39, 0.29) is 29.7 Å². The summed E-state index contributed by atoms with van der Waals surface area (Å²) in [6.45, 7) is 6.51. The summed E-state index contributed by atoms with van der Waals surface area (Å²) < 4.78 is 30.7. The third-order valence-electron chi connectivity index (χ3n) is 10.3. The summed E-state index contributed by atoms with van der Waals surface area (Å²) in [5, 5.41) is 3.71. The molecule has 48 heavy (non-hydrogen) atoms. The van der Waals surface area contributed by atoms with Crippen molar-refractivity contribution in [2.45, 2.75) is 63.4 Å². The molecule has 0 amide bonds. The van der Waals surface area contributed by atoms with Crippen LogP contribution in [-0.2, 0) is 6.54 Å². The minimum atomic E-state index is -0.418. The Bertz CT molecular complexity index is 1820. The number of nitrogen functional groups attached to an aromatic ring is 1. The number of hydrogen-bond donors (Lipinski definition) is 2. The first-order chi connectivity index (χ1) is 23.3. The molecule has 12 heteroatoms. The van der Waals surface area contributed by atoms with E-state index in [1.807, 2.05) is 43.7 Å². The Labute approximate surface area is 280 Å². The van der Waals surface area contributed by atoms with Gasteiger partial charge in [-0.15, -0.1) is 0 Å². The van der Waals surface area contributed by atoms with Crippen molar-refractivity contribution in [2.24, 2.45) is 0 Å². The number of nitrogens with one attached hydrogen (secondary N) is 1. The van der Waals surface area contributed by atoms with E-state index in [2.05, 4.69) is 41.5 Å². The molecule has 2 saturated heterocycles. The lowest BCUT2D eigenvalue weighted by atomic mass is 9.99. The van der Waals surface area contributed by atoms with Gasteiger partial charge in [0.2, 0.25) is 5.88 Å². The first-order valence-electron chi connectivity index (χ1n) is 17.0. The average Bonchev–Trinajstić information content (AvgIpc) is 3.11. The van der Waals surface area contributed by atoms with Gasteiger partial charge in [0.05, 0.1) is 35.9 Å². The molecule has 254 valence electrons. The number of methoxy groups -OCH3 is 1. The number of anilines is 3. The van der Waals surface area contributed by atoms with Gasteiger partial charge in [-0.25, -0.2) is 14.4 Å². The number of benzene rings is 1. The molecule has 0 radical (unpaired) electrons. The fraction of sp³-hybridized carbons (Fsp3) is 0.472. The maximum atomic E-state index is 16.1. The molecular weight excluding hydrogens is 611 g/mol. The zero-order chi connectivity index (χ0) is 33.4. The molecule has 1 aromatic carbocycles. The van der Waals surface area contributed by atoms with Gasteiger partial charge in [-0.3, -0.25) is 9.69 Å². The predicted octanol–water partition coefficient (Wildman–Crippen LogP) is 4.20. The number of hydrogen-bond acceptors (Lipinski definition) is 10. The maximum Gasteiger partial charge on any atom is 0.213 e. The predicted molar refractivity (Wildman–Crippen MR) is 187 cm³/mol. The fourth-order valence-corrected chi connectivity index (χ4v) is 7.68. The van der Waals surface area contributed by atoms with E-state index in [9.17, 15) is 4.79 Å². The monoisotopic (exact) mass is 656 g/mol. The highest BCUT2D eigenvalue weighted by Gasteiger charge is 2.37. The Kier molecular flexibility index (Phi) is 9.11. The van der Waals surface area contributed by atoms with Crippen molar-refractivity contribution in [1.29, 1.82) is 0 Å². The van der Waals surface area contributed by atoms with Crippen molar-refractivity contribution in [2.75, 3.05) is 62.4 Å². The molecule has 3 unspecified atom stereocenters. The van der Waals surface area contributed by atoms with Crippen LogP contribution < -0.4 is 35.8 Å². The molecule has 3 aliphatic heterocycles. The summed E-state index contributed by atoms with van der Waals surface area (Å²) in [5.41, 5.74) is 8.93. The van der Waals surface area contributed by atoms with Crippen LogP contribution in [0.2, 0.25) is 0 Å². The van der Waals surface area contributed by atoms with Crippen molar-refractivity contribution in [3.05, 3.63) is 76.6 Å². The molecule has 7 rings (SSSR count). The minimum Gasteiger partial charge on any atom is -0.482 e. The zero-order valence-corrected chi connectivity index (χ0v) is 27.9. The van der Waals surface area contributed by atoms with Crippen LogP contribution in [0.3, 0.4) is 0 Å². The minimum absolute atomic E-state index is 0.110. The zero-order valence-electron chi connectivity index (χ0n) is 27.9. The molecule has 3 N–H and O–H groups in total. The summed E-state index contributed by atoms with van der Waals surface area (Å²) in [6.07, 6.45) is 9.15. The van der Waals surface area contributed by atoms with Crippen LogP contribution in [0.15, 0.2) is 59.8 Å². The first kappa shape index (κ1) is 32.1. The number of rotatable bonds is 9. The molecule has 3 aromatic heterocycles. The smallest absolute Gasteiger partial charge is 0.213 e. The normalized spacial score (nSPS) is 22.6. The van der Waals surface area contributed by atoms with Crippen molar-refractivity contribution in [3.63, 3.8) is 0 Å². The summed E-state index contributed by atoms with van der Waals surface area (Å²) in [6, 6.07) is 11.2. The molecule has 0 spiro atoms. The third-order valence-corrected chi connectivity index (χ3v) is 10.3. The number of nitrogens with two attached hydrogens (primary N) is 1. The van der Waals surface area contributed by atoms with E-state index >= 15 is 4.39 Å². The molecular formula is C36H45FN8O3. The summed E-state index contributed by atoms with van der Waals surface area (Å²) in [5.74, 6) is 1.12. The quantitative estimate of drug-likeness (QED) is 0.272. The standard InChI is InChI=1S/C36H45FN8O3/c1-23-31(48-36-34-28(30(46)11-15-45(23)34)17-29(37)35(36)43-14-4-6-25(20-43)39-2)22-44(19-24-10-12-40-33(16-24)47-3)27-7-5-13-42(21-27)26-8-9-32(38)41-18-26/h8-12,15-18,23,25,27,31,39H,4-7,13-14,19-22H2,1-3H3,(H2,38,41)/t23?,25?,27-,31?/m0/s1. The Hall–Kier alpha value is -4.42. The lowest BCUT2D eigenvalue weighted by molar-refractivity contribution is 0.0579. The van der Waals surface area contributed by atoms with E-state index in [4.69, 9.17) is 15.2 Å². The van der Waals surface area contributed by atoms with Crippen LogP contribution in [-0.4, -0.2) is 84.5 Å². The second kappa shape index (κ2) is 13.6. The second-order valence-corrected chi connectivity index (χ2v) is 13.3. The van der Waals surface area contributed by atoms with Gasteiger partial charge in [0.1, 0.15) is 17.6 Å². The molecule has 0 aliphatic carbocycles. The molecule has 11 nitrogen and oxygen atoms in total. The molecule has 6 heterocycles. The van der Waals surface area contributed by atoms with Gasteiger partial charge >= 0.3 is 0 Å². The molecule has 4 aromatic rings. The second-order valence-electron chi connectivity index (χ2n) is 13.3. The largest absolute Gasteiger partial charge is 0.482 e. The van der Waals surface area contributed by atoms with Gasteiger partial charge in [0.15, 0.2) is 17.0 Å². The van der Waals surface area contributed by atoms with Crippen LogP contribution in [0.5, 0.6) is 11.6 Å². The molecule has 2 fully saturated rings. The van der Waals surface area contributed by atoms with Crippen LogP contribution in [0, 0.1) is 5.82 Å². The number of pyridine rings is 3. The van der Waals surface area contributed by atoms with E-state index in [0.29, 0.717) is 53.7 Å². The number of piperidine rings is 2. The molecule has 3 aliphatic rings. The van der Waals surface area contributed by atoms with Gasteiger partial charge in [0, 0.05) is 75.9 Å². The van der Waals surface area contributed by atoms with Crippen LogP contribution in [0.1, 0.15) is 44.2 Å². The van der Waals surface area contributed by atoms with Crippen molar-refractivity contribution in [3.8, 4) is 11.6 Å². The Morgan fingerprint density at radius 1 is 1.10 bits per heavy atom. The molecule has 0 saturated carbocycles. The highest BCUT2D eigenvalue weighted by Crippen LogP contribution is 2.44. The van der Waals surface area contributed by atoms with Crippen molar-refractivity contribution >= 4 is 28.1 Å². The SMILES string of the molecule is CNC1CCCN(c2c(F)cc3c(=O)ccn4c3c2OC(CN(Cc2ccnc(OC)c2)[C@H]2CCCN(c3ccc(N)nc3)C2)C4C)C1. The molecule has 4 atom stereocenters. The maximum absolute atomic E-state index is 16.1. The lowest BCUT2D eigenvalue weighted by Crippen LogP contribution is -2.52. The number of aromatic nitrogens is 3. The highest BCUT2D eigenvalue weighted by atomic mass is 19.1. The van der Waals surface area contributed by atoms with Gasteiger partial charge in [0.25, 0.3) is 0 Å². The van der Waals surface area contributed by atoms with Crippen molar-refractivity contribution < 1.29 is 13.9 Å². The number of nitrogens with zero attached hydrogens (tertiary/aromatic N) is 6. The highest BCUT2D eigenvalue weighted by molar-refractivity contribution is 5.92. The van der Waals surface area contributed by atoms with Crippen LogP contribution in [0.25, 0.3) is 10.9 Å². The van der Waals surface area contributed by atoms with E-state index < -0.39 is 5.82 Å². The van der Waals surface area contributed by atoms with E-state index in [1.165, 1.54) is 6.07 Å². The number of ether oxygens (including phenoxy) is 2.